The number of hydrogen-bond acceptors (Lipinski definition) is 4. The number of pyridine rings is 1. The zero-order valence-electron chi connectivity index (χ0n) is 14.3. The summed E-state index contributed by atoms with van der Waals surface area (Å²) in [5.74, 6) is 0.252. The Balaban J connectivity index is 2.16. The highest BCUT2D eigenvalue weighted by atomic mass is 16.6. The topological polar surface area (TPSA) is 68.5 Å². The molecule has 5 nitrogen and oxygen atoms in total. The largest absolute Gasteiger partial charge is 0.444 e. The average Bonchev–Trinajstić information content (AvgIpc) is 2.41. The predicted molar refractivity (Wildman–Crippen MR) is 87.9 cm³/mol. The lowest BCUT2D eigenvalue weighted by Crippen LogP contribution is -2.42. The van der Waals surface area contributed by atoms with Crippen LogP contribution in [0.4, 0.5) is 10.5 Å². The van der Waals surface area contributed by atoms with Crippen molar-refractivity contribution in [1.82, 2.24) is 9.88 Å². The minimum atomic E-state index is -0.465. The number of carbonyl (C=O) groups is 1. The Morgan fingerprint density at radius 2 is 2.09 bits per heavy atom. The molecule has 0 saturated carbocycles. The summed E-state index contributed by atoms with van der Waals surface area (Å²) in [6.45, 7) is 11.0. The first kappa shape index (κ1) is 16.6. The summed E-state index contributed by atoms with van der Waals surface area (Å²) in [5, 5.41) is 0. The van der Waals surface area contributed by atoms with Crippen LogP contribution in [0, 0.1) is 13.8 Å². The Bertz CT molecular complexity index is 564. The molecule has 5 heteroatoms. The van der Waals surface area contributed by atoms with Crippen molar-refractivity contribution in [2.75, 3.05) is 18.8 Å². The third kappa shape index (κ3) is 3.90. The van der Waals surface area contributed by atoms with Gasteiger partial charge in [0.2, 0.25) is 0 Å². The number of ether oxygens (including phenoxy) is 1. The van der Waals surface area contributed by atoms with Gasteiger partial charge in [-0.25, -0.2) is 4.79 Å². The molecule has 2 N–H and O–H groups in total. The molecule has 122 valence electrons. The molecule has 1 aliphatic heterocycles. The molecule has 0 aliphatic carbocycles. The molecule has 1 aliphatic rings. The van der Waals surface area contributed by atoms with Crippen molar-refractivity contribution in [3.05, 3.63) is 23.0 Å². The van der Waals surface area contributed by atoms with E-state index in [2.05, 4.69) is 4.98 Å². The number of amides is 1. The lowest BCUT2D eigenvalue weighted by atomic mass is 9.89. The van der Waals surface area contributed by atoms with Crippen LogP contribution in [0.25, 0.3) is 0 Å². The third-order valence-corrected chi connectivity index (χ3v) is 3.92. The number of hydrogen-bond donors (Lipinski definition) is 1. The molecule has 1 saturated heterocycles. The van der Waals surface area contributed by atoms with Crippen molar-refractivity contribution in [3.63, 3.8) is 0 Å². The van der Waals surface area contributed by atoms with Gasteiger partial charge < -0.3 is 15.4 Å². The molecule has 1 unspecified atom stereocenters. The molecule has 1 fully saturated rings. The zero-order valence-corrected chi connectivity index (χ0v) is 14.3. The van der Waals surface area contributed by atoms with Gasteiger partial charge in [0, 0.05) is 24.7 Å². The Kier molecular flexibility index (Phi) is 4.63. The summed E-state index contributed by atoms with van der Waals surface area (Å²) in [4.78, 5) is 18.5. The van der Waals surface area contributed by atoms with Gasteiger partial charge in [0.15, 0.2) is 0 Å². The molecule has 1 amide bonds. The van der Waals surface area contributed by atoms with E-state index < -0.39 is 5.60 Å². The van der Waals surface area contributed by atoms with E-state index in [4.69, 9.17) is 10.5 Å². The van der Waals surface area contributed by atoms with Crippen LogP contribution >= 0.6 is 0 Å². The molecule has 0 spiro atoms. The fourth-order valence-electron chi connectivity index (χ4n) is 2.93. The molecule has 2 rings (SSSR count). The van der Waals surface area contributed by atoms with Gasteiger partial charge in [-0.3, -0.25) is 4.98 Å². The highest BCUT2D eigenvalue weighted by Crippen LogP contribution is 2.32. The maximum atomic E-state index is 12.3. The molecule has 2 heterocycles. The van der Waals surface area contributed by atoms with Crippen LogP contribution in [-0.2, 0) is 4.74 Å². The van der Waals surface area contributed by atoms with E-state index in [1.807, 2.05) is 40.7 Å². The second-order valence-corrected chi connectivity index (χ2v) is 7.12. The maximum absolute atomic E-state index is 12.3. The molecular weight excluding hydrogens is 278 g/mol. The van der Waals surface area contributed by atoms with Crippen LogP contribution in [0.5, 0.6) is 0 Å². The summed E-state index contributed by atoms with van der Waals surface area (Å²) in [7, 11) is 0. The molecule has 1 aromatic rings. The van der Waals surface area contributed by atoms with Gasteiger partial charge in [-0.05, 0) is 59.1 Å². The number of nitrogens with zero attached hydrogens (tertiary/aromatic N) is 2. The van der Waals surface area contributed by atoms with Gasteiger partial charge in [0.25, 0.3) is 0 Å². The number of likely N-dealkylation sites (tertiary alicyclic amines) is 1. The van der Waals surface area contributed by atoms with E-state index in [0.717, 1.165) is 42.0 Å². The smallest absolute Gasteiger partial charge is 0.410 e. The van der Waals surface area contributed by atoms with Crippen molar-refractivity contribution < 1.29 is 9.53 Å². The monoisotopic (exact) mass is 305 g/mol. The van der Waals surface area contributed by atoms with Crippen molar-refractivity contribution in [2.24, 2.45) is 0 Å². The molecule has 0 aromatic carbocycles. The van der Waals surface area contributed by atoms with E-state index in [0.29, 0.717) is 6.54 Å². The minimum Gasteiger partial charge on any atom is -0.444 e. The molecule has 1 aromatic heterocycles. The van der Waals surface area contributed by atoms with Gasteiger partial charge in [-0.2, -0.15) is 0 Å². The predicted octanol–water partition coefficient (Wildman–Crippen LogP) is 3.40. The minimum absolute atomic E-state index is 0.238. The van der Waals surface area contributed by atoms with Crippen LogP contribution in [-0.4, -0.2) is 34.7 Å². The molecular formula is C17H27N3O2. The van der Waals surface area contributed by atoms with Gasteiger partial charge in [-0.15, -0.1) is 0 Å². The fraction of sp³-hybridized carbons (Fsp3) is 0.647. The van der Waals surface area contributed by atoms with Crippen LogP contribution < -0.4 is 5.73 Å². The van der Waals surface area contributed by atoms with E-state index in [9.17, 15) is 4.79 Å². The number of carbonyl (C=O) groups excluding carboxylic acids is 1. The summed E-state index contributed by atoms with van der Waals surface area (Å²) < 4.78 is 5.48. The Morgan fingerprint density at radius 3 is 2.73 bits per heavy atom. The lowest BCUT2D eigenvalue weighted by Gasteiger charge is -2.34. The number of rotatable bonds is 1. The quantitative estimate of drug-likeness (QED) is 0.863. The highest BCUT2D eigenvalue weighted by Gasteiger charge is 2.29. The Morgan fingerprint density at radius 1 is 1.41 bits per heavy atom. The highest BCUT2D eigenvalue weighted by molar-refractivity contribution is 5.68. The van der Waals surface area contributed by atoms with Crippen molar-refractivity contribution in [2.45, 2.75) is 59.0 Å². The van der Waals surface area contributed by atoms with Gasteiger partial charge in [-0.1, -0.05) is 0 Å². The van der Waals surface area contributed by atoms with Gasteiger partial charge in [0.1, 0.15) is 5.60 Å². The normalized spacial score (nSPS) is 19.1. The SMILES string of the molecule is Cc1cc(C2CCCN(C(=O)OC(C)(C)C)C2)c(N)c(C)n1. The van der Waals surface area contributed by atoms with Crippen molar-refractivity contribution in [1.29, 1.82) is 0 Å². The van der Waals surface area contributed by atoms with Crippen LogP contribution in [0.3, 0.4) is 0 Å². The number of nitrogen functional groups attached to an aromatic ring is 1. The zero-order chi connectivity index (χ0) is 16.5. The summed E-state index contributed by atoms with van der Waals surface area (Å²) in [6, 6.07) is 2.05. The molecule has 1 atom stereocenters. The number of anilines is 1. The standard InChI is InChI=1S/C17H27N3O2/c1-11-9-14(15(18)12(2)19-11)13-7-6-8-20(10-13)16(21)22-17(3,4)5/h9,13H,6-8,10,18H2,1-5H3. The first-order valence-electron chi connectivity index (χ1n) is 7.89. The molecule has 0 bridgehead atoms. The first-order valence-corrected chi connectivity index (χ1v) is 7.89. The Labute approximate surface area is 132 Å². The first-order chi connectivity index (χ1) is 10.2. The number of aryl methyl sites for hydroxylation is 2. The summed E-state index contributed by atoms with van der Waals surface area (Å²) >= 11 is 0. The number of nitrogens with two attached hydrogens (primary N) is 1. The van der Waals surface area contributed by atoms with E-state index in [1.165, 1.54) is 0 Å². The third-order valence-electron chi connectivity index (χ3n) is 3.92. The van der Waals surface area contributed by atoms with E-state index in [1.54, 1.807) is 4.90 Å². The van der Waals surface area contributed by atoms with Gasteiger partial charge >= 0.3 is 6.09 Å². The number of aromatic nitrogens is 1. The molecule has 0 radical (unpaired) electrons. The maximum Gasteiger partial charge on any atom is 0.410 e. The fourth-order valence-corrected chi connectivity index (χ4v) is 2.93. The van der Waals surface area contributed by atoms with Crippen LogP contribution in [0.2, 0.25) is 0 Å². The van der Waals surface area contributed by atoms with Crippen molar-refractivity contribution in [3.8, 4) is 0 Å². The van der Waals surface area contributed by atoms with E-state index >= 15 is 0 Å². The summed E-state index contributed by atoms with van der Waals surface area (Å²) in [6.07, 6.45) is 1.76. The van der Waals surface area contributed by atoms with Gasteiger partial charge in [0.05, 0.1) is 11.4 Å². The van der Waals surface area contributed by atoms with Crippen LogP contribution in [0.15, 0.2) is 6.07 Å². The second kappa shape index (κ2) is 6.15. The van der Waals surface area contributed by atoms with Crippen molar-refractivity contribution >= 4 is 11.8 Å². The van der Waals surface area contributed by atoms with Crippen LogP contribution in [0.1, 0.15) is 56.5 Å². The lowest BCUT2D eigenvalue weighted by molar-refractivity contribution is 0.0198. The molecule has 22 heavy (non-hydrogen) atoms. The number of piperidine rings is 1. The second-order valence-electron chi connectivity index (χ2n) is 7.12. The Hall–Kier alpha value is -1.78. The average molecular weight is 305 g/mol. The summed E-state index contributed by atoms with van der Waals surface area (Å²) in [5.41, 5.74) is 9.44. The van der Waals surface area contributed by atoms with E-state index in [-0.39, 0.29) is 12.0 Å².